The van der Waals surface area contributed by atoms with Crippen LogP contribution in [-0.2, 0) is 35.1 Å². The number of carbonyl (C=O) groups excluding carboxylic acids is 4. The molecule has 3 N–H and O–H groups in total. The van der Waals surface area contributed by atoms with Crippen molar-refractivity contribution >= 4 is 23.8 Å². The summed E-state index contributed by atoms with van der Waals surface area (Å²) in [4.78, 5) is 48.0. The highest BCUT2D eigenvalue weighted by molar-refractivity contribution is 5.93. The van der Waals surface area contributed by atoms with Crippen molar-refractivity contribution in [2.45, 2.75) is 32.7 Å². The fraction of sp³-hybridized carbons (Fsp3) is 0.444. The van der Waals surface area contributed by atoms with Crippen LogP contribution in [0.4, 0.5) is 8.78 Å². The van der Waals surface area contributed by atoms with E-state index in [2.05, 4.69) is 5.32 Å². The van der Waals surface area contributed by atoms with Gasteiger partial charge in [0, 0.05) is 6.07 Å². The average Bonchev–Trinajstić information content (AvgIpc) is 2.57. The summed E-state index contributed by atoms with van der Waals surface area (Å²) < 4.78 is 36.1. The summed E-state index contributed by atoms with van der Waals surface area (Å²) in [6.07, 6.45) is -1.03. The smallest absolute Gasteiger partial charge is 0.312 e. The predicted molar refractivity (Wildman–Crippen MR) is 92.6 cm³/mol. The molecule has 0 saturated heterocycles. The fourth-order valence-corrected chi connectivity index (χ4v) is 2.48. The van der Waals surface area contributed by atoms with E-state index in [1.807, 2.05) is 0 Å². The molecule has 0 heterocycles. The van der Waals surface area contributed by atoms with Gasteiger partial charge in [-0.1, -0.05) is 0 Å². The van der Waals surface area contributed by atoms with Crippen molar-refractivity contribution in [1.82, 2.24) is 5.32 Å². The van der Waals surface area contributed by atoms with E-state index in [1.165, 1.54) is 6.92 Å². The summed E-state index contributed by atoms with van der Waals surface area (Å²) in [6.45, 7) is 3.10. The Balaban J connectivity index is 2.98. The quantitative estimate of drug-likeness (QED) is 0.555. The third-order valence-electron chi connectivity index (χ3n) is 3.59. The molecule has 0 aliphatic heterocycles. The second kappa shape index (κ2) is 11.0. The molecular formula is C18H22F2N2O6. The van der Waals surface area contributed by atoms with Crippen LogP contribution in [0.3, 0.4) is 0 Å². The van der Waals surface area contributed by atoms with Gasteiger partial charge in [0.15, 0.2) is 0 Å². The van der Waals surface area contributed by atoms with Crippen LogP contribution in [0.5, 0.6) is 0 Å². The minimum Gasteiger partial charge on any atom is -0.466 e. The lowest BCUT2D eigenvalue weighted by molar-refractivity contribution is -0.157. The maximum absolute atomic E-state index is 13.2. The van der Waals surface area contributed by atoms with Crippen molar-refractivity contribution < 1.29 is 37.4 Å². The number of benzene rings is 1. The molecule has 0 radical (unpaired) electrons. The van der Waals surface area contributed by atoms with Crippen molar-refractivity contribution in [1.29, 1.82) is 0 Å². The molecule has 1 aromatic rings. The van der Waals surface area contributed by atoms with Crippen molar-refractivity contribution in [3.63, 3.8) is 0 Å². The van der Waals surface area contributed by atoms with E-state index in [9.17, 15) is 28.0 Å². The lowest BCUT2D eigenvalue weighted by Crippen LogP contribution is -2.52. The van der Waals surface area contributed by atoms with E-state index in [0.29, 0.717) is 6.07 Å². The molecule has 0 bridgehead atoms. The fourth-order valence-electron chi connectivity index (χ4n) is 2.48. The van der Waals surface area contributed by atoms with Crippen LogP contribution < -0.4 is 11.1 Å². The minimum absolute atomic E-state index is 0.0105. The molecule has 1 rings (SSSR count). The number of nitrogens with two attached hydrogens (primary N) is 1. The largest absolute Gasteiger partial charge is 0.466 e. The van der Waals surface area contributed by atoms with Crippen LogP contribution in [0.25, 0.3) is 0 Å². The molecule has 2 amide bonds. The Hall–Kier alpha value is -3.04. The molecular weight excluding hydrogens is 378 g/mol. The maximum Gasteiger partial charge on any atom is 0.312 e. The summed E-state index contributed by atoms with van der Waals surface area (Å²) >= 11 is 0. The van der Waals surface area contributed by atoms with Gasteiger partial charge in [0.05, 0.1) is 32.0 Å². The highest BCUT2D eigenvalue weighted by Gasteiger charge is 2.37. The number of esters is 2. The summed E-state index contributed by atoms with van der Waals surface area (Å²) in [5.41, 5.74) is 5.29. The van der Waals surface area contributed by atoms with Gasteiger partial charge in [-0.25, -0.2) is 8.78 Å². The summed E-state index contributed by atoms with van der Waals surface area (Å²) in [6, 6.07) is 0.964. The van der Waals surface area contributed by atoms with E-state index in [-0.39, 0.29) is 18.8 Å². The number of rotatable bonds is 10. The lowest BCUT2D eigenvalue weighted by Gasteiger charge is -2.23. The molecule has 0 aromatic heterocycles. The molecule has 0 spiro atoms. The van der Waals surface area contributed by atoms with Gasteiger partial charge in [-0.15, -0.1) is 0 Å². The van der Waals surface area contributed by atoms with E-state index in [4.69, 9.17) is 15.2 Å². The Labute approximate surface area is 160 Å². The van der Waals surface area contributed by atoms with Crippen molar-refractivity contribution in [2.24, 2.45) is 11.7 Å². The molecule has 0 fully saturated rings. The Morgan fingerprint density at radius 3 is 2.11 bits per heavy atom. The summed E-state index contributed by atoms with van der Waals surface area (Å²) in [5.74, 6) is -6.77. The van der Waals surface area contributed by atoms with E-state index in [1.54, 1.807) is 6.92 Å². The highest BCUT2D eigenvalue weighted by Crippen LogP contribution is 2.15. The third-order valence-corrected chi connectivity index (χ3v) is 3.59. The zero-order chi connectivity index (χ0) is 21.3. The van der Waals surface area contributed by atoms with Crippen LogP contribution in [-0.4, -0.2) is 43.0 Å². The minimum atomic E-state index is -1.57. The first-order chi connectivity index (χ1) is 13.2. The molecule has 2 atom stereocenters. The van der Waals surface area contributed by atoms with Crippen LogP contribution in [0.1, 0.15) is 25.8 Å². The first-order valence-electron chi connectivity index (χ1n) is 8.53. The van der Waals surface area contributed by atoms with Crippen LogP contribution >= 0.6 is 0 Å². The van der Waals surface area contributed by atoms with Gasteiger partial charge in [0.2, 0.25) is 11.8 Å². The highest BCUT2D eigenvalue weighted by atomic mass is 19.1. The maximum atomic E-state index is 13.2. The topological polar surface area (TPSA) is 125 Å². The molecule has 0 aliphatic carbocycles. The van der Waals surface area contributed by atoms with E-state index < -0.39 is 60.2 Å². The second-order valence-corrected chi connectivity index (χ2v) is 5.77. The molecule has 0 saturated carbocycles. The number of amides is 2. The van der Waals surface area contributed by atoms with Crippen molar-refractivity contribution in [3.8, 4) is 0 Å². The molecule has 8 nitrogen and oxygen atoms in total. The Kier molecular flexibility index (Phi) is 9.00. The number of ether oxygens (including phenoxy) is 2. The first-order valence-corrected chi connectivity index (χ1v) is 8.53. The number of hydrogen-bond acceptors (Lipinski definition) is 6. The monoisotopic (exact) mass is 400 g/mol. The van der Waals surface area contributed by atoms with Gasteiger partial charge in [-0.3, -0.25) is 19.2 Å². The van der Waals surface area contributed by atoms with Crippen LogP contribution in [0.15, 0.2) is 18.2 Å². The van der Waals surface area contributed by atoms with Gasteiger partial charge in [-0.05, 0) is 31.5 Å². The predicted octanol–water partition coefficient (Wildman–Crippen LogP) is 0.610. The molecule has 0 unspecified atom stereocenters. The van der Waals surface area contributed by atoms with E-state index >= 15 is 0 Å². The number of primary amides is 1. The number of nitrogens with one attached hydrogen (secondary N) is 1. The number of halogens is 2. The van der Waals surface area contributed by atoms with Gasteiger partial charge in [0.1, 0.15) is 17.7 Å². The van der Waals surface area contributed by atoms with E-state index in [0.717, 1.165) is 12.1 Å². The van der Waals surface area contributed by atoms with Gasteiger partial charge in [0.25, 0.3) is 0 Å². The zero-order valence-corrected chi connectivity index (χ0v) is 15.5. The SMILES string of the molecule is CCOC(=O)C[C@H](C(=O)OCC)[C@H](NC(=O)Cc1cc(F)cc(F)c1)C(N)=O. The van der Waals surface area contributed by atoms with Crippen LogP contribution in [0, 0.1) is 17.6 Å². The Morgan fingerprint density at radius 2 is 1.61 bits per heavy atom. The molecule has 0 aliphatic rings. The molecule has 28 heavy (non-hydrogen) atoms. The zero-order valence-electron chi connectivity index (χ0n) is 15.5. The standard InChI is InChI=1S/C18H22F2N2O6/c1-3-27-15(24)9-13(18(26)28-4-2)16(17(21)25)22-14(23)7-10-5-11(19)8-12(20)6-10/h5-6,8,13,16H,3-4,7,9H2,1-2H3,(H2,21,25)(H,22,23)/t13-,16-/m0/s1. The first kappa shape index (κ1) is 23.0. The third kappa shape index (κ3) is 7.29. The molecule has 154 valence electrons. The van der Waals surface area contributed by atoms with Gasteiger partial charge < -0.3 is 20.5 Å². The normalized spacial score (nSPS) is 12.6. The second-order valence-electron chi connectivity index (χ2n) is 5.77. The Morgan fingerprint density at radius 1 is 1.04 bits per heavy atom. The lowest BCUT2D eigenvalue weighted by atomic mass is 9.95. The average molecular weight is 400 g/mol. The molecule has 1 aromatic carbocycles. The Bertz CT molecular complexity index is 721. The van der Waals surface area contributed by atoms with Crippen LogP contribution in [0.2, 0.25) is 0 Å². The number of hydrogen-bond donors (Lipinski definition) is 2. The van der Waals surface area contributed by atoms with Gasteiger partial charge in [-0.2, -0.15) is 0 Å². The molecule has 10 heteroatoms. The summed E-state index contributed by atoms with van der Waals surface area (Å²) in [5, 5.41) is 2.22. The number of carbonyl (C=O) groups is 4. The van der Waals surface area contributed by atoms with Crippen molar-refractivity contribution in [3.05, 3.63) is 35.4 Å². The van der Waals surface area contributed by atoms with Gasteiger partial charge >= 0.3 is 11.9 Å². The van der Waals surface area contributed by atoms with Crippen molar-refractivity contribution in [2.75, 3.05) is 13.2 Å². The summed E-state index contributed by atoms with van der Waals surface area (Å²) in [7, 11) is 0.